The SMILES string of the molecule is C[C@H](C(=O)N1c2ccccc2C[C@H]1C)N1CCN(S(=O)(=O)c2ccc3c(c2)OCCO3)CC1. The molecule has 1 saturated heterocycles. The highest BCUT2D eigenvalue weighted by Gasteiger charge is 2.37. The molecule has 1 fully saturated rings. The zero-order valence-corrected chi connectivity index (χ0v) is 19.8. The Hall–Kier alpha value is -2.62. The maximum Gasteiger partial charge on any atom is 0.244 e. The van der Waals surface area contributed by atoms with Gasteiger partial charge in [0.1, 0.15) is 13.2 Å². The minimum absolute atomic E-state index is 0.0654. The Morgan fingerprint density at radius 3 is 2.45 bits per heavy atom. The normalized spacial score (nSPS) is 22.1. The van der Waals surface area contributed by atoms with Crippen molar-refractivity contribution in [2.75, 3.05) is 44.3 Å². The lowest BCUT2D eigenvalue weighted by Gasteiger charge is -2.38. The summed E-state index contributed by atoms with van der Waals surface area (Å²) in [6.07, 6.45) is 0.857. The first-order chi connectivity index (χ1) is 15.9. The number of ether oxygens (including phenoxy) is 2. The van der Waals surface area contributed by atoms with Crippen LogP contribution in [0.3, 0.4) is 0 Å². The van der Waals surface area contributed by atoms with E-state index in [1.165, 1.54) is 15.9 Å². The minimum Gasteiger partial charge on any atom is -0.486 e. The highest BCUT2D eigenvalue weighted by Crippen LogP contribution is 2.34. The third-order valence-electron chi connectivity index (χ3n) is 6.77. The number of anilines is 1. The summed E-state index contributed by atoms with van der Waals surface area (Å²) in [6.45, 7) is 6.52. The molecule has 0 radical (unpaired) electrons. The Morgan fingerprint density at radius 1 is 1.00 bits per heavy atom. The average Bonchev–Trinajstić information content (AvgIpc) is 3.18. The molecule has 176 valence electrons. The van der Waals surface area contributed by atoms with Crippen LogP contribution < -0.4 is 14.4 Å². The highest BCUT2D eigenvalue weighted by atomic mass is 32.2. The van der Waals surface area contributed by atoms with Gasteiger partial charge in [0, 0.05) is 44.0 Å². The lowest BCUT2D eigenvalue weighted by molar-refractivity contribution is -0.124. The number of hydrogen-bond acceptors (Lipinski definition) is 6. The second kappa shape index (κ2) is 8.62. The van der Waals surface area contributed by atoms with Gasteiger partial charge in [0.2, 0.25) is 15.9 Å². The van der Waals surface area contributed by atoms with E-state index < -0.39 is 10.0 Å². The molecule has 2 aromatic rings. The molecular formula is C24H29N3O5S. The fourth-order valence-corrected chi connectivity index (χ4v) is 6.36. The smallest absolute Gasteiger partial charge is 0.244 e. The summed E-state index contributed by atoms with van der Waals surface area (Å²) in [7, 11) is -3.65. The standard InChI is InChI=1S/C24H29N3O5S/c1-17-15-19-5-3-4-6-21(19)27(17)24(28)18(2)25-9-11-26(12-10-25)33(29,30)20-7-8-22-23(16-20)32-14-13-31-22/h3-8,16-18H,9-15H2,1-2H3/t17-,18-/m1/s1. The van der Waals surface area contributed by atoms with Gasteiger partial charge >= 0.3 is 0 Å². The van der Waals surface area contributed by atoms with E-state index >= 15 is 0 Å². The summed E-state index contributed by atoms with van der Waals surface area (Å²) in [5.41, 5.74) is 2.18. The Bertz CT molecular complexity index is 1160. The van der Waals surface area contributed by atoms with Crippen molar-refractivity contribution in [3.05, 3.63) is 48.0 Å². The molecule has 0 unspecified atom stereocenters. The fourth-order valence-electron chi connectivity index (χ4n) is 4.92. The van der Waals surface area contributed by atoms with Crippen LogP contribution in [0.2, 0.25) is 0 Å². The van der Waals surface area contributed by atoms with Gasteiger partial charge in [-0.15, -0.1) is 0 Å². The molecule has 33 heavy (non-hydrogen) atoms. The van der Waals surface area contributed by atoms with E-state index in [-0.39, 0.29) is 22.9 Å². The van der Waals surface area contributed by atoms with E-state index in [1.807, 2.05) is 30.0 Å². The number of benzene rings is 2. The molecule has 0 aromatic heterocycles. The summed E-state index contributed by atoms with van der Waals surface area (Å²) < 4.78 is 38.9. The van der Waals surface area contributed by atoms with Gasteiger partial charge in [-0.2, -0.15) is 4.31 Å². The second-order valence-electron chi connectivity index (χ2n) is 8.81. The maximum atomic E-state index is 13.4. The van der Waals surface area contributed by atoms with Crippen LogP contribution in [0, 0.1) is 0 Å². The molecule has 0 N–H and O–H groups in total. The summed E-state index contributed by atoms with van der Waals surface area (Å²) in [6, 6.07) is 12.6. The van der Waals surface area contributed by atoms with Gasteiger partial charge in [-0.3, -0.25) is 9.69 Å². The zero-order chi connectivity index (χ0) is 23.2. The molecule has 2 atom stereocenters. The van der Waals surface area contributed by atoms with Crippen LogP contribution in [-0.2, 0) is 21.2 Å². The van der Waals surface area contributed by atoms with Crippen LogP contribution in [0.4, 0.5) is 5.69 Å². The topological polar surface area (TPSA) is 79.4 Å². The summed E-state index contributed by atoms with van der Waals surface area (Å²) in [5, 5.41) is 0. The third-order valence-corrected chi connectivity index (χ3v) is 8.67. The van der Waals surface area contributed by atoms with Crippen molar-refractivity contribution in [2.24, 2.45) is 0 Å². The predicted molar refractivity (Wildman–Crippen MR) is 124 cm³/mol. The first kappa shape index (κ1) is 22.2. The molecule has 0 spiro atoms. The number of amides is 1. The van der Waals surface area contributed by atoms with Crippen molar-refractivity contribution >= 4 is 21.6 Å². The Labute approximate surface area is 194 Å². The minimum atomic E-state index is -3.65. The molecule has 9 heteroatoms. The molecule has 3 aliphatic heterocycles. The summed E-state index contributed by atoms with van der Waals surface area (Å²) >= 11 is 0. The first-order valence-electron chi connectivity index (χ1n) is 11.4. The lowest BCUT2D eigenvalue weighted by Crippen LogP contribution is -2.56. The van der Waals surface area contributed by atoms with Crippen molar-refractivity contribution in [3.8, 4) is 11.5 Å². The Morgan fingerprint density at radius 2 is 1.70 bits per heavy atom. The largest absolute Gasteiger partial charge is 0.486 e. The third kappa shape index (κ3) is 3.98. The number of para-hydroxylation sites is 1. The Kier molecular flexibility index (Phi) is 5.80. The van der Waals surface area contributed by atoms with E-state index in [4.69, 9.17) is 9.47 Å². The average molecular weight is 472 g/mol. The number of carbonyl (C=O) groups is 1. The van der Waals surface area contributed by atoms with Crippen LogP contribution in [-0.4, -0.2) is 75.0 Å². The molecule has 3 aliphatic rings. The van der Waals surface area contributed by atoms with Gasteiger partial charge in [0.05, 0.1) is 10.9 Å². The number of piperazine rings is 1. The molecular weight excluding hydrogens is 442 g/mol. The van der Waals surface area contributed by atoms with Gasteiger partial charge in [0.15, 0.2) is 11.5 Å². The van der Waals surface area contributed by atoms with E-state index in [1.54, 1.807) is 12.1 Å². The monoisotopic (exact) mass is 471 g/mol. The van der Waals surface area contributed by atoms with Gasteiger partial charge in [-0.05, 0) is 44.0 Å². The van der Waals surface area contributed by atoms with Crippen LogP contribution in [0.15, 0.2) is 47.4 Å². The van der Waals surface area contributed by atoms with Crippen molar-refractivity contribution in [1.29, 1.82) is 0 Å². The number of carbonyl (C=O) groups excluding carboxylic acids is 1. The molecule has 0 saturated carbocycles. The molecule has 0 bridgehead atoms. The van der Waals surface area contributed by atoms with Crippen LogP contribution in [0.25, 0.3) is 0 Å². The van der Waals surface area contributed by atoms with E-state index in [9.17, 15) is 13.2 Å². The quantitative estimate of drug-likeness (QED) is 0.680. The zero-order valence-electron chi connectivity index (χ0n) is 18.9. The summed E-state index contributed by atoms with van der Waals surface area (Å²) in [5.74, 6) is 1.09. The molecule has 0 aliphatic carbocycles. The van der Waals surface area contributed by atoms with E-state index in [0.29, 0.717) is 50.9 Å². The number of hydrogen-bond donors (Lipinski definition) is 0. The van der Waals surface area contributed by atoms with E-state index in [0.717, 1.165) is 12.1 Å². The molecule has 2 aromatic carbocycles. The van der Waals surface area contributed by atoms with E-state index in [2.05, 4.69) is 17.9 Å². The van der Waals surface area contributed by atoms with Crippen molar-refractivity contribution in [2.45, 2.75) is 37.2 Å². The van der Waals surface area contributed by atoms with Crippen LogP contribution in [0.1, 0.15) is 19.4 Å². The van der Waals surface area contributed by atoms with Crippen LogP contribution >= 0.6 is 0 Å². The summed E-state index contributed by atoms with van der Waals surface area (Å²) in [4.78, 5) is 17.6. The Balaban J connectivity index is 1.26. The molecule has 5 rings (SSSR count). The maximum absolute atomic E-state index is 13.4. The molecule has 8 nitrogen and oxygen atoms in total. The first-order valence-corrected chi connectivity index (χ1v) is 12.8. The molecule has 3 heterocycles. The fraction of sp³-hybridized carbons (Fsp3) is 0.458. The lowest BCUT2D eigenvalue weighted by atomic mass is 10.1. The van der Waals surface area contributed by atoms with Gasteiger partial charge in [0.25, 0.3) is 0 Å². The number of rotatable bonds is 4. The highest BCUT2D eigenvalue weighted by molar-refractivity contribution is 7.89. The van der Waals surface area contributed by atoms with Crippen molar-refractivity contribution < 1.29 is 22.7 Å². The number of nitrogens with zero attached hydrogens (tertiary/aromatic N) is 3. The predicted octanol–water partition coefficient (Wildman–Crippen LogP) is 2.13. The van der Waals surface area contributed by atoms with Crippen molar-refractivity contribution in [1.82, 2.24) is 9.21 Å². The van der Waals surface area contributed by atoms with Gasteiger partial charge in [-0.25, -0.2) is 8.42 Å². The van der Waals surface area contributed by atoms with Gasteiger partial charge in [-0.1, -0.05) is 18.2 Å². The van der Waals surface area contributed by atoms with Crippen LogP contribution in [0.5, 0.6) is 11.5 Å². The van der Waals surface area contributed by atoms with Crippen molar-refractivity contribution in [3.63, 3.8) is 0 Å². The molecule has 1 amide bonds. The second-order valence-corrected chi connectivity index (χ2v) is 10.7. The number of fused-ring (bicyclic) bond motifs is 2. The number of sulfonamides is 1. The van der Waals surface area contributed by atoms with Gasteiger partial charge < -0.3 is 14.4 Å².